The van der Waals surface area contributed by atoms with Crippen LogP contribution in [0, 0.1) is 0 Å². The summed E-state index contributed by atoms with van der Waals surface area (Å²) in [6.07, 6.45) is 3.32. The van der Waals surface area contributed by atoms with Crippen molar-refractivity contribution in [2.24, 2.45) is 0 Å². The number of aromatic nitrogens is 2. The number of sulfonamides is 1. The second-order valence-electron chi connectivity index (χ2n) is 5.26. The van der Waals surface area contributed by atoms with E-state index in [1.54, 1.807) is 0 Å². The molecule has 0 radical (unpaired) electrons. The Morgan fingerprint density at radius 3 is 2.90 bits per heavy atom. The maximum Gasteiger partial charge on any atom is 0.257 e. The van der Waals surface area contributed by atoms with Gasteiger partial charge in [0, 0.05) is 52.2 Å². The first-order valence-corrected chi connectivity index (χ1v) is 8.62. The van der Waals surface area contributed by atoms with E-state index < -0.39 is 10.0 Å². The minimum atomic E-state index is -3.43. The van der Waals surface area contributed by atoms with E-state index in [1.165, 1.54) is 6.20 Å². The number of fused-ring (bicyclic) bond motifs is 1. The van der Waals surface area contributed by atoms with Gasteiger partial charge in [0.1, 0.15) is 5.82 Å². The van der Waals surface area contributed by atoms with E-state index in [0.29, 0.717) is 11.6 Å². The molecule has 20 heavy (non-hydrogen) atoms. The van der Waals surface area contributed by atoms with Crippen molar-refractivity contribution in [1.82, 2.24) is 24.5 Å². The molecule has 2 N–H and O–H groups in total. The topological polar surface area (TPSA) is 79.3 Å². The quantitative estimate of drug-likeness (QED) is 0.730. The zero-order valence-corrected chi connectivity index (χ0v) is 12.3. The lowest BCUT2D eigenvalue weighted by Gasteiger charge is -2.27. The van der Waals surface area contributed by atoms with Crippen LogP contribution in [0.3, 0.4) is 0 Å². The molecular formula is C12H21N5O2S. The van der Waals surface area contributed by atoms with Crippen molar-refractivity contribution >= 4 is 10.0 Å². The highest BCUT2D eigenvalue weighted by atomic mass is 32.2. The van der Waals surface area contributed by atoms with Crippen LogP contribution in [0.5, 0.6) is 0 Å². The summed E-state index contributed by atoms with van der Waals surface area (Å²) in [5, 5.41) is 3.59. The molecule has 8 heteroatoms. The van der Waals surface area contributed by atoms with E-state index in [1.807, 2.05) is 4.57 Å². The highest BCUT2D eigenvalue weighted by molar-refractivity contribution is 7.89. The molecule has 1 aromatic rings. The molecule has 1 aromatic heterocycles. The van der Waals surface area contributed by atoms with Crippen LogP contribution in [-0.4, -0.2) is 62.1 Å². The molecule has 0 saturated carbocycles. The van der Waals surface area contributed by atoms with Gasteiger partial charge >= 0.3 is 0 Å². The summed E-state index contributed by atoms with van der Waals surface area (Å²) >= 11 is 0. The van der Waals surface area contributed by atoms with Gasteiger partial charge in [-0.15, -0.1) is 0 Å². The fraction of sp³-hybridized carbons (Fsp3) is 0.750. The van der Waals surface area contributed by atoms with Gasteiger partial charge in [-0.25, -0.2) is 18.1 Å². The number of nitrogens with zero attached hydrogens (tertiary/aromatic N) is 3. The molecule has 112 valence electrons. The van der Waals surface area contributed by atoms with Crippen LogP contribution in [0.2, 0.25) is 0 Å². The van der Waals surface area contributed by atoms with Crippen molar-refractivity contribution < 1.29 is 8.42 Å². The van der Waals surface area contributed by atoms with Gasteiger partial charge in [0.2, 0.25) is 0 Å². The van der Waals surface area contributed by atoms with E-state index in [0.717, 1.165) is 57.9 Å². The van der Waals surface area contributed by atoms with Crippen molar-refractivity contribution in [2.75, 3.05) is 39.3 Å². The first-order valence-electron chi connectivity index (χ1n) is 7.14. The molecule has 1 saturated heterocycles. The van der Waals surface area contributed by atoms with Crippen molar-refractivity contribution in [3.05, 3.63) is 12.0 Å². The summed E-state index contributed by atoms with van der Waals surface area (Å²) in [5.41, 5.74) is 0. The third-order valence-corrected chi connectivity index (χ3v) is 5.35. The number of imidazole rings is 1. The van der Waals surface area contributed by atoms with Gasteiger partial charge in [0.25, 0.3) is 10.0 Å². The van der Waals surface area contributed by atoms with Crippen molar-refractivity contribution in [3.63, 3.8) is 0 Å². The van der Waals surface area contributed by atoms with Gasteiger partial charge in [0.05, 0.1) is 6.20 Å². The van der Waals surface area contributed by atoms with Crippen molar-refractivity contribution in [3.8, 4) is 0 Å². The fourth-order valence-electron chi connectivity index (χ4n) is 2.79. The Kier molecular flexibility index (Phi) is 4.06. The summed E-state index contributed by atoms with van der Waals surface area (Å²) in [5.74, 6) is 0.882. The first kappa shape index (κ1) is 14.0. The van der Waals surface area contributed by atoms with E-state index >= 15 is 0 Å². The van der Waals surface area contributed by atoms with Crippen LogP contribution in [0.1, 0.15) is 12.2 Å². The average Bonchev–Trinajstić information content (AvgIpc) is 3.01. The molecule has 2 aliphatic rings. The van der Waals surface area contributed by atoms with Gasteiger partial charge < -0.3 is 9.88 Å². The van der Waals surface area contributed by atoms with Crippen LogP contribution in [0.4, 0.5) is 0 Å². The zero-order chi connectivity index (χ0) is 14.0. The van der Waals surface area contributed by atoms with Crippen molar-refractivity contribution in [2.45, 2.75) is 24.4 Å². The Morgan fingerprint density at radius 2 is 2.10 bits per heavy atom. The predicted octanol–water partition coefficient (Wildman–Crippen LogP) is -0.987. The molecule has 0 unspecified atom stereocenters. The molecule has 0 spiro atoms. The summed E-state index contributed by atoms with van der Waals surface area (Å²) < 4.78 is 29.1. The smallest absolute Gasteiger partial charge is 0.257 e. The Bertz CT molecular complexity index is 562. The lowest BCUT2D eigenvalue weighted by atomic mass is 10.3. The SMILES string of the molecule is O=S(=O)(NCCN1CCNCC1)c1cnc2n1CCC2. The summed E-state index contributed by atoms with van der Waals surface area (Å²) in [6.45, 7) is 5.85. The molecule has 2 aliphatic heterocycles. The van der Waals surface area contributed by atoms with Crippen LogP contribution in [0.25, 0.3) is 0 Å². The molecule has 1 fully saturated rings. The molecule has 3 rings (SSSR count). The molecule has 0 aliphatic carbocycles. The van der Waals surface area contributed by atoms with Crippen LogP contribution in [0.15, 0.2) is 11.2 Å². The highest BCUT2D eigenvalue weighted by Crippen LogP contribution is 2.19. The molecule has 3 heterocycles. The number of aryl methyl sites for hydroxylation is 1. The molecular weight excluding hydrogens is 278 g/mol. The third kappa shape index (κ3) is 2.88. The molecule has 0 aromatic carbocycles. The lowest BCUT2D eigenvalue weighted by Crippen LogP contribution is -2.46. The number of nitrogens with one attached hydrogen (secondary N) is 2. The number of hydrogen-bond acceptors (Lipinski definition) is 5. The van der Waals surface area contributed by atoms with E-state index in [-0.39, 0.29) is 0 Å². The van der Waals surface area contributed by atoms with Gasteiger partial charge in [-0.05, 0) is 6.42 Å². The zero-order valence-electron chi connectivity index (χ0n) is 11.5. The second-order valence-corrected chi connectivity index (χ2v) is 6.97. The van der Waals surface area contributed by atoms with Crippen LogP contribution < -0.4 is 10.0 Å². The Labute approximate surface area is 119 Å². The van der Waals surface area contributed by atoms with E-state index in [2.05, 4.69) is 19.9 Å². The van der Waals surface area contributed by atoms with Gasteiger partial charge in [-0.2, -0.15) is 0 Å². The van der Waals surface area contributed by atoms with E-state index in [9.17, 15) is 8.42 Å². The van der Waals surface area contributed by atoms with Crippen LogP contribution >= 0.6 is 0 Å². The Morgan fingerprint density at radius 1 is 1.30 bits per heavy atom. The Balaban J connectivity index is 1.58. The van der Waals surface area contributed by atoms with Crippen LogP contribution in [-0.2, 0) is 23.0 Å². The molecule has 7 nitrogen and oxygen atoms in total. The predicted molar refractivity (Wildman–Crippen MR) is 75.0 cm³/mol. The molecule has 0 amide bonds. The van der Waals surface area contributed by atoms with Gasteiger partial charge in [-0.3, -0.25) is 4.90 Å². The third-order valence-electron chi connectivity index (χ3n) is 3.89. The fourth-order valence-corrected chi connectivity index (χ4v) is 3.98. The maximum absolute atomic E-state index is 12.3. The molecule has 0 bridgehead atoms. The Hall–Kier alpha value is -0.960. The first-order chi connectivity index (χ1) is 9.67. The van der Waals surface area contributed by atoms with Gasteiger partial charge in [0.15, 0.2) is 5.03 Å². The average molecular weight is 299 g/mol. The summed E-state index contributed by atoms with van der Waals surface area (Å²) in [7, 11) is -3.43. The summed E-state index contributed by atoms with van der Waals surface area (Å²) in [6, 6.07) is 0. The maximum atomic E-state index is 12.3. The van der Waals surface area contributed by atoms with Crippen molar-refractivity contribution in [1.29, 1.82) is 0 Å². The summed E-state index contributed by atoms with van der Waals surface area (Å²) in [4.78, 5) is 6.45. The number of rotatable bonds is 5. The largest absolute Gasteiger partial charge is 0.318 e. The van der Waals surface area contributed by atoms with Gasteiger partial charge in [-0.1, -0.05) is 0 Å². The standard InChI is InChI=1S/C12H21N5O2S/c18-20(19,12-10-14-11-2-1-6-17(11)12)15-5-9-16-7-3-13-4-8-16/h10,13,15H,1-9H2. The number of hydrogen-bond donors (Lipinski definition) is 2. The minimum Gasteiger partial charge on any atom is -0.318 e. The normalized spacial score (nSPS) is 20.2. The monoisotopic (exact) mass is 299 g/mol. The number of piperazine rings is 1. The van der Waals surface area contributed by atoms with E-state index in [4.69, 9.17) is 0 Å². The minimum absolute atomic E-state index is 0.310. The highest BCUT2D eigenvalue weighted by Gasteiger charge is 2.24. The molecule has 0 atom stereocenters. The second kappa shape index (κ2) is 5.80. The lowest BCUT2D eigenvalue weighted by molar-refractivity contribution is 0.245.